The molecule has 1 amide bonds. The molecule has 5 nitrogen and oxygen atoms in total. The number of likely N-dealkylation sites (tertiary alicyclic amines) is 1. The summed E-state index contributed by atoms with van der Waals surface area (Å²) in [5.74, 6) is 0.0793. The fourth-order valence-corrected chi connectivity index (χ4v) is 3.88. The molecule has 1 atom stereocenters. The van der Waals surface area contributed by atoms with Crippen LogP contribution >= 0.6 is 11.3 Å². The second-order valence-corrected chi connectivity index (χ2v) is 6.89. The number of thiophene rings is 1. The van der Waals surface area contributed by atoms with Gasteiger partial charge in [-0.2, -0.15) is 13.2 Å². The van der Waals surface area contributed by atoms with Crippen molar-refractivity contribution in [1.82, 2.24) is 14.9 Å². The Morgan fingerprint density at radius 1 is 1.42 bits per heavy atom. The number of aryl methyl sites for hydroxylation is 1. The number of hydrogen-bond donors (Lipinski definition) is 0. The van der Waals surface area contributed by atoms with Gasteiger partial charge in [-0.3, -0.25) is 4.79 Å². The average molecular weight is 358 g/mol. The van der Waals surface area contributed by atoms with Crippen LogP contribution < -0.4 is 4.90 Å². The maximum Gasteiger partial charge on any atom is 0.406 e. The second kappa shape index (κ2) is 6.19. The van der Waals surface area contributed by atoms with E-state index < -0.39 is 24.7 Å². The van der Waals surface area contributed by atoms with Crippen molar-refractivity contribution in [3.05, 3.63) is 17.3 Å². The summed E-state index contributed by atoms with van der Waals surface area (Å²) in [5.41, 5.74) is 0. The van der Waals surface area contributed by atoms with Gasteiger partial charge < -0.3 is 9.80 Å². The van der Waals surface area contributed by atoms with Crippen LogP contribution in [0.25, 0.3) is 10.2 Å². The molecule has 0 N–H and O–H groups in total. The minimum Gasteiger partial charge on any atom is -0.347 e. The molecule has 2 aromatic rings. The Morgan fingerprint density at radius 2 is 2.17 bits per heavy atom. The number of carbonyl (C=O) groups excluding carboxylic acids is 1. The van der Waals surface area contributed by atoms with Crippen LogP contribution in [0.15, 0.2) is 12.4 Å². The molecular formula is C15H17F3N4OS. The predicted octanol–water partition coefficient (Wildman–Crippen LogP) is 2.85. The Bertz CT molecular complexity index is 761. The van der Waals surface area contributed by atoms with E-state index in [-0.39, 0.29) is 6.54 Å². The molecule has 0 saturated carbocycles. The number of halogens is 3. The minimum absolute atomic E-state index is 0.103. The van der Waals surface area contributed by atoms with Crippen LogP contribution in [0.5, 0.6) is 0 Å². The van der Waals surface area contributed by atoms with Gasteiger partial charge in [0.2, 0.25) is 5.91 Å². The summed E-state index contributed by atoms with van der Waals surface area (Å²) in [6, 6.07) is 1.36. The Hall–Kier alpha value is -1.90. The molecule has 0 aromatic carbocycles. The lowest BCUT2D eigenvalue weighted by Gasteiger charge is -2.25. The molecule has 0 radical (unpaired) electrons. The quantitative estimate of drug-likeness (QED) is 0.843. The number of likely N-dealkylation sites (N-methyl/N-ethyl adjacent to an activating group) is 1. The summed E-state index contributed by atoms with van der Waals surface area (Å²) >= 11 is 1.56. The smallest absolute Gasteiger partial charge is 0.347 e. The van der Waals surface area contributed by atoms with Crippen molar-refractivity contribution in [3.63, 3.8) is 0 Å². The van der Waals surface area contributed by atoms with Gasteiger partial charge in [-0.15, -0.1) is 11.3 Å². The Balaban J connectivity index is 1.86. The number of fused-ring (bicyclic) bond motifs is 1. The maximum atomic E-state index is 12.6. The highest BCUT2D eigenvalue weighted by molar-refractivity contribution is 7.18. The Kier molecular flexibility index (Phi) is 4.37. The van der Waals surface area contributed by atoms with Crippen molar-refractivity contribution in [2.45, 2.75) is 32.0 Å². The zero-order chi connectivity index (χ0) is 17.5. The van der Waals surface area contributed by atoms with Gasteiger partial charge >= 0.3 is 6.18 Å². The van der Waals surface area contributed by atoms with Crippen LogP contribution in [0, 0.1) is 0 Å². The lowest BCUT2D eigenvalue weighted by Crippen LogP contribution is -2.43. The molecule has 24 heavy (non-hydrogen) atoms. The van der Waals surface area contributed by atoms with Crippen LogP contribution in [-0.4, -0.2) is 53.1 Å². The van der Waals surface area contributed by atoms with E-state index in [1.165, 1.54) is 6.33 Å². The van der Waals surface area contributed by atoms with Crippen LogP contribution in [0.4, 0.5) is 19.0 Å². The Labute approximate surface area is 141 Å². The van der Waals surface area contributed by atoms with Crippen molar-refractivity contribution < 1.29 is 18.0 Å². The van der Waals surface area contributed by atoms with Crippen molar-refractivity contribution in [2.24, 2.45) is 0 Å². The number of rotatable bonds is 4. The molecule has 3 rings (SSSR count). The molecule has 0 aliphatic carbocycles. The average Bonchev–Trinajstić information content (AvgIpc) is 3.09. The first-order chi connectivity index (χ1) is 11.3. The highest BCUT2D eigenvalue weighted by Gasteiger charge is 2.41. The van der Waals surface area contributed by atoms with E-state index in [1.807, 2.05) is 13.0 Å². The SMILES string of the molecule is CCc1cc2c(N(C)C3CCN(CC(F)(F)F)C3=O)ncnc2s1. The molecule has 1 aliphatic heterocycles. The summed E-state index contributed by atoms with van der Waals surface area (Å²) < 4.78 is 37.7. The third kappa shape index (κ3) is 3.17. The third-order valence-electron chi connectivity index (χ3n) is 4.15. The largest absolute Gasteiger partial charge is 0.406 e. The Morgan fingerprint density at radius 3 is 2.83 bits per heavy atom. The fourth-order valence-electron chi connectivity index (χ4n) is 2.95. The topological polar surface area (TPSA) is 49.3 Å². The number of anilines is 1. The molecule has 2 aromatic heterocycles. The molecular weight excluding hydrogens is 341 g/mol. The van der Waals surface area contributed by atoms with Gasteiger partial charge in [-0.25, -0.2) is 9.97 Å². The number of alkyl halides is 3. The van der Waals surface area contributed by atoms with E-state index in [2.05, 4.69) is 9.97 Å². The number of nitrogens with zero attached hydrogens (tertiary/aromatic N) is 4. The summed E-state index contributed by atoms with van der Waals surface area (Å²) in [5, 5.41) is 0.837. The summed E-state index contributed by atoms with van der Waals surface area (Å²) in [4.78, 5) is 25.4. The molecule has 9 heteroatoms. The second-order valence-electron chi connectivity index (χ2n) is 5.77. The fraction of sp³-hybridized carbons (Fsp3) is 0.533. The van der Waals surface area contributed by atoms with Crippen molar-refractivity contribution in [2.75, 3.05) is 25.0 Å². The minimum atomic E-state index is -4.38. The molecule has 1 unspecified atom stereocenters. The molecule has 1 saturated heterocycles. The van der Waals surface area contributed by atoms with Gasteiger partial charge in [0, 0.05) is 18.5 Å². The van der Waals surface area contributed by atoms with Crippen molar-refractivity contribution in [3.8, 4) is 0 Å². The molecule has 0 bridgehead atoms. The number of aromatic nitrogens is 2. The predicted molar refractivity (Wildman–Crippen MR) is 86.2 cm³/mol. The van der Waals surface area contributed by atoms with Gasteiger partial charge in [0.15, 0.2) is 0 Å². The van der Waals surface area contributed by atoms with Gasteiger partial charge in [-0.05, 0) is 18.9 Å². The summed E-state index contributed by atoms with van der Waals surface area (Å²) in [6.45, 7) is 0.941. The molecule has 1 aliphatic rings. The van der Waals surface area contributed by atoms with Gasteiger partial charge in [0.05, 0.1) is 5.39 Å². The zero-order valence-electron chi connectivity index (χ0n) is 13.3. The third-order valence-corrected chi connectivity index (χ3v) is 5.34. The van der Waals surface area contributed by atoms with E-state index in [1.54, 1.807) is 23.3 Å². The highest BCUT2D eigenvalue weighted by atomic mass is 32.1. The summed E-state index contributed by atoms with van der Waals surface area (Å²) in [6.07, 6.45) is -1.74. The molecule has 130 valence electrons. The molecule has 1 fully saturated rings. The van der Waals surface area contributed by atoms with Crippen LogP contribution in [-0.2, 0) is 11.2 Å². The summed E-state index contributed by atoms with van der Waals surface area (Å²) in [7, 11) is 1.70. The first kappa shape index (κ1) is 16.9. The highest BCUT2D eigenvalue weighted by Crippen LogP contribution is 2.32. The first-order valence-corrected chi connectivity index (χ1v) is 8.43. The standard InChI is InChI=1S/C15H17F3N4OS/c1-3-9-6-10-12(19-8-20-13(10)24-9)21(2)11-4-5-22(14(11)23)7-15(16,17)18/h6,8,11H,3-5,7H2,1-2H3. The number of amides is 1. The van der Waals surface area contributed by atoms with Crippen molar-refractivity contribution in [1.29, 1.82) is 0 Å². The molecule has 0 spiro atoms. The normalized spacial score (nSPS) is 18.6. The zero-order valence-corrected chi connectivity index (χ0v) is 14.1. The number of carbonyl (C=O) groups is 1. The van der Waals surface area contributed by atoms with Crippen LogP contribution in [0.3, 0.4) is 0 Å². The first-order valence-electron chi connectivity index (χ1n) is 7.62. The van der Waals surface area contributed by atoms with Crippen LogP contribution in [0.2, 0.25) is 0 Å². The van der Waals surface area contributed by atoms with E-state index in [4.69, 9.17) is 0 Å². The van der Waals surface area contributed by atoms with E-state index in [0.717, 1.165) is 26.4 Å². The lowest BCUT2D eigenvalue weighted by molar-refractivity contribution is -0.157. The molecule has 3 heterocycles. The van der Waals surface area contributed by atoms with Crippen molar-refractivity contribution >= 4 is 33.3 Å². The maximum absolute atomic E-state index is 12.6. The monoisotopic (exact) mass is 358 g/mol. The van der Waals surface area contributed by atoms with Gasteiger partial charge in [0.25, 0.3) is 0 Å². The van der Waals surface area contributed by atoms with E-state index in [0.29, 0.717) is 12.2 Å². The van der Waals surface area contributed by atoms with Gasteiger partial charge in [0.1, 0.15) is 29.6 Å². The van der Waals surface area contributed by atoms with E-state index >= 15 is 0 Å². The number of hydrogen-bond acceptors (Lipinski definition) is 5. The van der Waals surface area contributed by atoms with E-state index in [9.17, 15) is 18.0 Å². The van der Waals surface area contributed by atoms with Gasteiger partial charge in [-0.1, -0.05) is 6.92 Å². The lowest BCUT2D eigenvalue weighted by atomic mass is 10.2. The van der Waals surface area contributed by atoms with Crippen LogP contribution in [0.1, 0.15) is 18.2 Å².